The van der Waals surface area contributed by atoms with Gasteiger partial charge in [0.2, 0.25) is 0 Å². The molecule has 0 amide bonds. The van der Waals surface area contributed by atoms with Gasteiger partial charge in [0.15, 0.2) is 11.5 Å². The van der Waals surface area contributed by atoms with Gasteiger partial charge in [-0.3, -0.25) is 4.98 Å². The summed E-state index contributed by atoms with van der Waals surface area (Å²) in [5.41, 5.74) is 5.63. The molecule has 250 valence electrons. The number of aromatic nitrogens is 1. The van der Waals surface area contributed by atoms with E-state index in [-0.39, 0.29) is 26.3 Å². The van der Waals surface area contributed by atoms with Crippen LogP contribution in [0.4, 0.5) is 0 Å². The molecule has 6 N–H and O–H groups in total. The molecule has 4 atom stereocenters. The lowest BCUT2D eigenvalue weighted by Gasteiger charge is -2.26. The number of ether oxygens (including phenoxy) is 4. The molecule has 4 aromatic rings. The summed E-state index contributed by atoms with van der Waals surface area (Å²) in [6.45, 7) is 2.88. The van der Waals surface area contributed by atoms with Gasteiger partial charge >= 0.3 is 0 Å². The molecule has 0 saturated carbocycles. The zero-order chi connectivity index (χ0) is 33.3. The van der Waals surface area contributed by atoms with Gasteiger partial charge in [-0.15, -0.1) is 0 Å². The van der Waals surface area contributed by atoms with Crippen molar-refractivity contribution in [2.75, 3.05) is 26.4 Å². The van der Waals surface area contributed by atoms with Crippen LogP contribution in [0.3, 0.4) is 0 Å². The van der Waals surface area contributed by atoms with Gasteiger partial charge in [-0.2, -0.15) is 0 Å². The highest BCUT2D eigenvalue weighted by atomic mass is 35.5. The maximum Gasteiger partial charge on any atom is 0.161 e. The number of hydrogen-bond donors (Lipinski definition) is 6. The molecule has 1 aliphatic heterocycles. The summed E-state index contributed by atoms with van der Waals surface area (Å²) in [7, 11) is 0. The smallest absolute Gasteiger partial charge is 0.161 e. The van der Waals surface area contributed by atoms with E-state index in [1.807, 2.05) is 49.4 Å². The van der Waals surface area contributed by atoms with Gasteiger partial charge in [0.05, 0.1) is 17.7 Å². The van der Waals surface area contributed by atoms with Gasteiger partial charge in [-0.25, -0.2) is 0 Å². The number of fused-ring (bicyclic) bond motifs is 1. The van der Waals surface area contributed by atoms with E-state index >= 15 is 0 Å². The number of aliphatic hydroxyl groups excluding tert-OH is 5. The van der Waals surface area contributed by atoms with E-state index in [4.69, 9.17) is 35.7 Å². The van der Waals surface area contributed by atoms with Crippen LogP contribution in [0.2, 0.25) is 5.02 Å². The highest BCUT2D eigenvalue weighted by Gasteiger charge is 2.29. The lowest BCUT2D eigenvalue weighted by Crippen LogP contribution is -2.48. The van der Waals surface area contributed by atoms with Gasteiger partial charge in [-0.05, 0) is 65.1 Å². The second-order valence-electron chi connectivity index (χ2n) is 11.2. The molecule has 5 rings (SSSR count). The first-order valence-electron chi connectivity index (χ1n) is 15.2. The summed E-state index contributed by atoms with van der Waals surface area (Å²) in [6.07, 6.45) is -3.05. The average Bonchev–Trinajstić information content (AvgIpc) is 3.10. The first kappa shape index (κ1) is 34.4. The minimum atomic E-state index is -1.71. The molecule has 0 radical (unpaired) electrons. The lowest BCUT2D eigenvalue weighted by atomic mass is 9.96. The lowest BCUT2D eigenvalue weighted by molar-refractivity contribution is -0.114. The molecule has 0 saturated heterocycles. The Hall–Kier alpha value is -3.94. The maximum atomic E-state index is 10.3. The second-order valence-corrected chi connectivity index (χ2v) is 11.6. The predicted octanol–water partition coefficient (Wildman–Crippen LogP) is 3.17. The zero-order valence-electron chi connectivity index (χ0n) is 25.9. The largest absolute Gasteiger partial charge is 0.488 e. The molecule has 47 heavy (non-hydrogen) atoms. The summed E-state index contributed by atoms with van der Waals surface area (Å²) in [5.74, 6) is 2.36. The number of benzene rings is 3. The van der Waals surface area contributed by atoms with E-state index in [2.05, 4.69) is 16.4 Å². The first-order valence-corrected chi connectivity index (χ1v) is 15.6. The van der Waals surface area contributed by atoms with Crippen molar-refractivity contribution in [3.8, 4) is 34.1 Å². The van der Waals surface area contributed by atoms with Crippen molar-refractivity contribution in [1.82, 2.24) is 10.3 Å². The number of nitrogens with one attached hydrogen (secondary N) is 1. The molecule has 4 unspecified atom stereocenters. The Kier molecular flexibility index (Phi) is 11.9. The normalized spacial score (nSPS) is 15.0. The quantitative estimate of drug-likeness (QED) is 0.111. The Labute approximate surface area is 277 Å². The Bertz CT molecular complexity index is 1620. The molecule has 0 spiro atoms. The molecule has 0 fully saturated rings. The monoisotopic (exact) mass is 666 g/mol. The van der Waals surface area contributed by atoms with Crippen molar-refractivity contribution in [3.63, 3.8) is 0 Å². The van der Waals surface area contributed by atoms with E-state index in [1.165, 1.54) is 0 Å². The fraction of sp³-hybridized carbons (Fsp3) is 0.343. The van der Waals surface area contributed by atoms with Crippen molar-refractivity contribution in [3.05, 3.63) is 100 Å². The van der Waals surface area contributed by atoms with Crippen LogP contribution < -0.4 is 24.3 Å². The van der Waals surface area contributed by atoms with Crippen LogP contribution in [0.1, 0.15) is 22.3 Å². The van der Waals surface area contributed by atoms with Crippen LogP contribution in [-0.4, -0.2) is 81.3 Å². The fourth-order valence-electron chi connectivity index (χ4n) is 5.16. The molecule has 2 heterocycles. The van der Waals surface area contributed by atoms with Gasteiger partial charge < -0.3 is 49.8 Å². The Morgan fingerprint density at radius 2 is 1.55 bits per heavy atom. The fourth-order valence-corrected chi connectivity index (χ4v) is 5.40. The van der Waals surface area contributed by atoms with Gasteiger partial charge in [0.1, 0.15) is 56.2 Å². The summed E-state index contributed by atoms with van der Waals surface area (Å²) < 4.78 is 23.8. The topological polar surface area (TPSA) is 163 Å². The maximum absolute atomic E-state index is 10.3. The molecule has 0 bridgehead atoms. The highest BCUT2D eigenvalue weighted by molar-refractivity contribution is 6.32. The van der Waals surface area contributed by atoms with Gasteiger partial charge in [-0.1, -0.05) is 35.9 Å². The van der Waals surface area contributed by atoms with E-state index < -0.39 is 31.0 Å². The van der Waals surface area contributed by atoms with Gasteiger partial charge in [0.25, 0.3) is 0 Å². The molecule has 12 heteroatoms. The molecule has 1 aromatic heterocycles. The van der Waals surface area contributed by atoms with E-state index in [1.54, 1.807) is 24.5 Å². The first-order chi connectivity index (χ1) is 22.7. The van der Waals surface area contributed by atoms with Crippen LogP contribution in [0.5, 0.6) is 23.0 Å². The van der Waals surface area contributed by atoms with E-state index in [9.17, 15) is 20.4 Å². The van der Waals surface area contributed by atoms with Crippen molar-refractivity contribution < 1.29 is 44.5 Å². The van der Waals surface area contributed by atoms with Crippen LogP contribution in [0, 0.1) is 6.92 Å². The van der Waals surface area contributed by atoms with E-state index in [0.717, 1.165) is 39.3 Å². The number of hydrogen-bond acceptors (Lipinski definition) is 11. The minimum Gasteiger partial charge on any atom is -0.488 e. The molecular formula is C35H39ClN2O9. The molecular weight excluding hydrogens is 628 g/mol. The molecule has 1 aliphatic rings. The van der Waals surface area contributed by atoms with Crippen molar-refractivity contribution in [1.29, 1.82) is 0 Å². The van der Waals surface area contributed by atoms with Crippen LogP contribution in [0.15, 0.2) is 73.1 Å². The summed E-state index contributed by atoms with van der Waals surface area (Å²) in [4.78, 5) is 4.04. The van der Waals surface area contributed by atoms with E-state index in [0.29, 0.717) is 35.3 Å². The van der Waals surface area contributed by atoms with Gasteiger partial charge in [0, 0.05) is 37.1 Å². The van der Waals surface area contributed by atoms with Crippen LogP contribution in [0.25, 0.3) is 11.1 Å². The molecule has 0 aliphatic carbocycles. The third-order valence-corrected chi connectivity index (χ3v) is 8.23. The number of rotatable bonds is 15. The SMILES string of the molecule is Cc1c(COc2cc(OCc3ccncc3)c(CNCC(O)C(O)C(O)C(O)CO)cc2Cl)cccc1-c1ccc2c(c1)OCCO2. The third-order valence-electron chi connectivity index (χ3n) is 7.94. The number of aliphatic hydroxyl groups is 5. The number of halogens is 1. The Balaban J connectivity index is 1.31. The van der Waals surface area contributed by atoms with Crippen LogP contribution in [-0.2, 0) is 19.8 Å². The van der Waals surface area contributed by atoms with Crippen molar-refractivity contribution >= 4 is 11.6 Å². The minimum absolute atomic E-state index is 0.130. The Morgan fingerprint density at radius 3 is 2.32 bits per heavy atom. The second kappa shape index (κ2) is 16.2. The standard InChI is InChI=1S/C35H39ClN2O9/c1-21-24(3-2-4-26(21)23-5-6-30-33(14-23)45-12-11-44-30)20-47-32-15-31(46-19-22-7-9-37-10-8-22)25(13-27(32)36)16-38-17-28(40)34(42)35(43)29(41)18-39/h2-10,13-15,28-29,34-35,38-43H,11-12,16-20H2,1H3. The van der Waals surface area contributed by atoms with Crippen LogP contribution >= 0.6 is 11.6 Å². The van der Waals surface area contributed by atoms with Crippen molar-refractivity contribution in [2.45, 2.75) is 51.1 Å². The summed E-state index contributed by atoms with van der Waals surface area (Å²) in [5, 5.41) is 52.3. The number of pyridine rings is 1. The third kappa shape index (κ3) is 8.70. The number of nitrogens with zero attached hydrogens (tertiary/aromatic N) is 1. The highest BCUT2D eigenvalue weighted by Crippen LogP contribution is 2.37. The average molecular weight is 667 g/mol. The predicted molar refractivity (Wildman–Crippen MR) is 175 cm³/mol. The Morgan fingerprint density at radius 1 is 0.830 bits per heavy atom. The summed E-state index contributed by atoms with van der Waals surface area (Å²) in [6, 6.07) is 19.0. The molecule has 11 nitrogen and oxygen atoms in total. The molecule has 3 aromatic carbocycles. The summed E-state index contributed by atoms with van der Waals surface area (Å²) >= 11 is 6.69. The zero-order valence-corrected chi connectivity index (χ0v) is 26.6. The van der Waals surface area contributed by atoms with Crippen molar-refractivity contribution in [2.24, 2.45) is 0 Å².